The number of benzene rings is 2. The maximum Gasteiger partial charge on any atom is 0.114 e. The number of aliphatic hydroxyl groups is 1. The lowest BCUT2D eigenvalue weighted by molar-refractivity contribution is 0.225. The molecule has 1 heterocycles. The molecule has 1 aromatic heterocycles. The van der Waals surface area contributed by atoms with Gasteiger partial charge in [0.15, 0.2) is 0 Å². The molecular formula is C17H16OS. The topological polar surface area (TPSA) is 20.2 Å². The molecule has 0 aliphatic rings. The Balaban J connectivity index is 2.13. The van der Waals surface area contributed by atoms with Crippen LogP contribution in [0.4, 0.5) is 0 Å². The zero-order chi connectivity index (χ0) is 13.4. The first kappa shape index (κ1) is 12.4. The van der Waals surface area contributed by atoms with Gasteiger partial charge in [-0.25, -0.2) is 0 Å². The summed E-state index contributed by atoms with van der Waals surface area (Å²) < 4.78 is 0. The van der Waals surface area contributed by atoms with E-state index in [4.69, 9.17) is 0 Å². The molecule has 2 aromatic carbocycles. The van der Waals surface area contributed by atoms with Gasteiger partial charge in [0, 0.05) is 9.75 Å². The first-order valence-corrected chi connectivity index (χ1v) is 7.21. The molecule has 0 amide bonds. The maximum atomic E-state index is 10.6. The molecule has 3 aromatic rings. The van der Waals surface area contributed by atoms with Gasteiger partial charge in [0.1, 0.15) is 6.10 Å². The van der Waals surface area contributed by atoms with Gasteiger partial charge in [0.05, 0.1) is 0 Å². The molecule has 1 nitrogen and oxygen atoms in total. The highest BCUT2D eigenvalue weighted by atomic mass is 32.1. The molecule has 1 atom stereocenters. The highest BCUT2D eigenvalue weighted by Crippen LogP contribution is 2.33. The largest absolute Gasteiger partial charge is 0.383 e. The molecule has 3 rings (SSSR count). The Hall–Kier alpha value is -1.64. The van der Waals surface area contributed by atoms with Crippen LogP contribution in [0, 0.1) is 13.8 Å². The van der Waals surface area contributed by atoms with Crippen LogP contribution in [-0.2, 0) is 0 Å². The van der Waals surface area contributed by atoms with Crippen LogP contribution in [-0.4, -0.2) is 5.11 Å². The van der Waals surface area contributed by atoms with E-state index in [9.17, 15) is 5.11 Å². The van der Waals surface area contributed by atoms with Crippen molar-refractivity contribution in [1.82, 2.24) is 0 Å². The maximum absolute atomic E-state index is 10.6. The van der Waals surface area contributed by atoms with Crippen LogP contribution >= 0.6 is 11.3 Å². The van der Waals surface area contributed by atoms with E-state index in [-0.39, 0.29) is 0 Å². The Morgan fingerprint density at radius 2 is 1.74 bits per heavy atom. The van der Waals surface area contributed by atoms with Crippen LogP contribution in [0.25, 0.3) is 10.8 Å². The van der Waals surface area contributed by atoms with Gasteiger partial charge in [-0.2, -0.15) is 0 Å². The molecule has 0 saturated carbocycles. The van der Waals surface area contributed by atoms with E-state index in [1.807, 2.05) is 24.3 Å². The van der Waals surface area contributed by atoms with Crippen molar-refractivity contribution in [3.8, 4) is 0 Å². The summed E-state index contributed by atoms with van der Waals surface area (Å²) in [7, 11) is 0. The van der Waals surface area contributed by atoms with Gasteiger partial charge in [-0.3, -0.25) is 0 Å². The third kappa shape index (κ3) is 2.18. The standard InChI is InChI=1S/C17H16OS/c1-11-10-16(19-12(11)2)17(18)15-9-5-7-13-6-3-4-8-14(13)15/h3-10,17-18H,1-2H3. The normalized spacial score (nSPS) is 12.8. The van der Waals surface area contributed by atoms with Gasteiger partial charge < -0.3 is 5.11 Å². The lowest BCUT2D eigenvalue weighted by Crippen LogP contribution is -1.97. The number of hydrogen-bond donors (Lipinski definition) is 1. The zero-order valence-corrected chi connectivity index (χ0v) is 11.9. The Morgan fingerprint density at radius 3 is 2.47 bits per heavy atom. The molecule has 1 N–H and O–H groups in total. The van der Waals surface area contributed by atoms with Crippen LogP contribution in [0.3, 0.4) is 0 Å². The molecular weight excluding hydrogens is 252 g/mol. The van der Waals surface area contributed by atoms with Crippen molar-refractivity contribution in [3.63, 3.8) is 0 Å². The van der Waals surface area contributed by atoms with Crippen LogP contribution in [0.2, 0.25) is 0 Å². The molecule has 19 heavy (non-hydrogen) atoms. The van der Waals surface area contributed by atoms with E-state index in [1.165, 1.54) is 15.8 Å². The smallest absolute Gasteiger partial charge is 0.114 e. The Bertz CT molecular complexity index is 702. The third-order valence-corrected chi connectivity index (χ3v) is 4.78. The molecule has 0 bridgehead atoms. The summed E-state index contributed by atoms with van der Waals surface area (Å²) in [5.74, 6) is 0. The number of fused-ring (bicyclic) bond motifs is 1. The summed E-state index contributed by atoms with van der Waals surface area (Å²) >= 11 is 1.68. The zero-order valence-electron chi connectivity index (χ0n) is 11.1. The van der Waals surface area contributed by atoms with Gasteiger partial charge in [-0.05, 0) is 41.8 Å². The van der Waals surface area contributed by atoms with E-state index in [0.29, 0.717) is 0 Å². The van der Waals surface area contributed by atoms with Crippen molar-refractivity contribution in [2.45, 2.75) is 20.0 Å². The second kappa shape index (κ2) is 4.80. The van der Waals surface area contributed by atoms with Gasteiger partial charge in [0.25, 0.3) is 0 Å². The quantitative estimate of drug-likeness (QED) is 0.720. The minimum absolute atomic E-state index is 0.538. The van der Waals surface area contributed by atoms with Crippen LogP contribution in [0.1, 0.15) is 27.0 Å². The van der Waals surface area contributed by atoms with Crippen molar-refractivity contribution < 1.29 is 5.11 Å². The number of rotatable bonds is 2. The van der Waals surface area contributed by atoms with Crippen molar-refractivity contribution in [2.24, 2.45) is 0 Å². The number of thiophene rings is 1. The monoisotopic (exact) mass is 268 g/mol. The van der Waals surface area contributed by atoms with Gasteiger partial charge >= 0.3 is 0 Å². The number of aryl methyl sites for hydroxylation is 2. The van der Waals surface area contributed by atoms with E-state index >= 15 is 0 Å². The third-order valence-electron chi connectivity index (χ3n) is 3.57. The van der Waals surface area contributed by atoms with E-state index in [2.05, 4.69) is 38.1 Å². The molecule has 0 aliphatic heterocycles. The first-order chi connectivity index (χ1) is 9.16. The average Bonchev–Trinajstić information content (AvgIpc) is 2.77. The highest BCUT2D eigenvalue weighted by molar-refractivity contribution is 7.12. The molecule has 2 heteroatoms. The van der Waals surface area contributed by atoms with Crippen LogP contribution in [0.15, 0.2) is 48.5 Å². The average molecular weight is 268 g/mol. The molecule has 0 saturated heterocycles. The van der Waals surface area contributed by atoms with Crippen molar-refractivity contribution in [2.75, 3.05) is 0 Å². The Kier molecular flexibility index (Phi) is 3.13. The summed E-state index contributed by atoms with van der Waals surface area (Å²) in [6, 6.07) is 16.4. The van der Waals surface area contributed by atoms with Crippen LogP contribution in [0.5, 0.6) is 0 Å². The van der Waals surface area contributed by atoms with Crippen molar-refractivity contribution in [1.29, 1.82) is 0 Å². The van der Waals surface area contributed by atoms with Gasteiger partial charge in [-0.1, -0.05) is 42.5 Å². The predicted molar refractivity (Wildman–Crippen MR) is 81.8 cm³/mol. The fourth-order valence-corrected chi connectivity index (χ4v) is 3.43. The predicted octanol–water partition coefficient (Wildman–Crippen LogP) is 4.60. The Labute approximate surface area is 117 Å². The first-order valence-electron chi connectivity index (χ1n) is 6.39. The van der Waals surface area contributed by atoms with E-state index < -0.39 is 6.10 Å². The van der Waals surface area contributed by atoms with Crippen molar-refractivity contribution >= 4 is 22.1 Å². The molecule has 96 valence electrons. The second-order valence-corrected chi connectivity index (χ2v) is 6.15. The van der Waals surface area contributed by atoms with Crippen molar-refractivity contribution in [3.05, 3.63) is 69.4 Å². The SMILES string of the molecule is Cc1cc(C(O)c2cccc3ccccc23)sc1C. The minimum atomic E-state index is -0.538. The summed E-state index contributed by atoms with van der Waals surface area (Å²) in [5, 5.41) is 12.9. The fourth-order valence-electron chi connectivity index (χ4n) is 2.38. The van der Waals surface area contributed by atoms with Crippen LogP contribution < -0.4 is 0 Å². The second-order valence-electron chi connectivity index (χ2n) is 4.86. The summed E-state index contributed by atoms with van der Waals surface area (Å²) in [4.78, 5) is 2.29. The molecule has 1 unspecified atom stereocenters. The van der Waals surface area contributed by atoms with Gasteiger partial charge in [0.2, 0.25) is 0 Å². The number of aliphatic hydroxyl groups excluding tert-OH is 1. The number of hydrogen-bond acceptors (Lipinski definition) is 2. The summed E-state index contributed by atoms with van der Waals surface area (Å²) in [6.45, 7) is 4.18. The Morgan fingerprint density at radius 1 is 1.00 bits per heavy atom. The lowest BCUT2D eigenvalue weighted by atomic mass is 9.99. The highest BCUT2D eigenvalue weighted by Gasteiger charge is 2.16. The summed E-state index contributed by atoms with van der Waals surface area (Å²) in [6.07, 6.45) is -0.538. The van der Waals surface area contributed by atoms with Gasteiger partial charge in [-0.15, -0.1) is 11.3 Å². The molecule has 0 fully saturated rings. The van der Waals surface area contributed by atoms with E-state index in [1.54, 1.807) is 11.3 Å². The lowest BCUT2D eigenvalue weighted by Gasteiger charge is -2.12. The molecule has 0 spiro atoms. The fraction of sp³-hybridized carbons (Fsp3) is 0.176. The molecule has 0 aliphatic carbocycles. The molecule has 0 radical (unpaired) electrons. The van der Waals surface area contributed by atoms with E-state index in [0.717, 1.165) is 15.8 Å². The minimum Gasteiger partial charge on any atom is -0.383 e. The summed E-state index contributed by atoms with van der Waals surface area (Å²) in [5.41, 5.74) is 2.23.